The molecule has 1 aromatic rings. The molecular weight excluding hydrogens is 470 g/mol. The van der Waals surface area contributed by atoms with Crippen LogP contribution >= 0.6 is 0 Å². The van der Waals surface area contributed by atoms with Crippen LogP contribution in [0, 0.1) is 34.0 Å². The maximum Gasteiger partial charge on any atom is 0.342 e. The summed E-state index contributed by atoms with van der Waals surface area (Å²) in [6.07, 6.45) is 8.25. The number of hydrogen-bond acceptors (Lipinski definition) is 7. The molecule has 4 fully saturated rings. The van der Waals surface area contributed by atoms with Crippen LogP contribution in [0.25, 0.3) is 0 Å². The molecule has 1 spiro atoms. The first-order chi connectivity index (χ1) is 17.5. The molecule has 204 valence electrons. The number of ether oxygens (including phenoxy) is 4. The monoisotopic (exact) mass is 513 g/mol. The molecule has 2 N–H and O–H groups in total. The quantitative estimate of drug-likeness (QED) is 0.524. The Morgan fingerprint density at radius 2 is 1.65 bits per heavy atom. The van der Waals surface area contributed by atoms with Crippen LogP contribution in [0.1, 0.15) is 82.5 Å². The summed E-state index contributed by atoms with van der Waals surface area (Å²) in [4.78, 5) is 27.3. The molecule has 0 radical (unpaired) electrons. The molecule has 7 heteroatoms. The highest BCUT2D eigenvalue weighted by Gasteiger charge is 2.70. The largest absolute Gasteiger partial charge is 0.493 e. The average molecular weight is 514 g/mol. The number of nitrogens with two attached hydrogens (primary N) is 1. The number of rotatable bonds is 6. The molecule has 0 amide bonds. The zero-order chi connectivity index (χ0) is 26.8. The number of carbonyl (C=O) groups excluding carboxylic acids is 2. The van der Waals surface area contributed by atoms with E-state index >= 15 is 0 Å². The number of hydrogen-bond donors (Lipinski definition) is 1. The van der Waals surface area contributed by atoms with Crippen molar-refractivity contribution in [3.63, 3.8) is 0 Å². The van der Waals surface area contributed by atoms with Crippen molar-refractivity contribution in [2.24, 2.45) is 39.7 Å². The van der Waals surface area contributed by atoms with Gasteiger partial charge in [-0.2, -0.15) is 0 Å². The van der Waals surface area contributed by atoms with E-state index in [4.69, 9.17) is 24.7 Å². The summed E-state index contributed by atoms with van der Waals surface area (Å²) < 4.78 is 22.2. The van der Waals surface area contributed by atoms with Gasteiger partial charge in [0.1, 0.15) is 18.0 Å². The van der Waals surface area contributed by atoms with E-state index < -0.39 is 5.97 Å². The Morgan fingerprint density at radius 1 is 0.946 bits per heavy atom. The lowest BCUT2D eigenvalue weighted by atomic mass is 9.41. The Balaban J connectivity index is 1.44. The predicted molar refractivity (Wildman–Crippen MR) is 140 cm³/mol. The van der Waals surface area contributed by atoms with Gasteiger partial charge in [-0.05, 0) is 86.7 Å². The number of Topliss-reactive ketones (excluding diaryl/α,β-unsaturated/α-hetero) is 1. The molecule has 0 unspecified atom stereocenters. The minimum Gasteiger partial charge on any atom is -0.493 e. The third kappa shape index (κ3) is 3.70. The first-order valence-electron chi connectivity index (χ1n) is 13.8. The highest BCUT2D eigenvalue weighted by molar-refractivity contribution is 5.95. The highest BCUT2D eigenvalue weighted by Crippen LogP contribution is 2.73. The number of fused-ring (bicyclic) bond motifs is 3. The second-order valence-electron chi connectivity index (χ2n) is 12.9. The van der Waals surface area contributed by atoms with E-state index in [1.807, 2.05) is 0 Å². The molecule has 7 atom stereocenters. The third-order valence-corrected chi connectivity index (χ3v) is 11.0. The van der Waals surface area contributed by atoms with Crippen LogP contribution in [0.4, 0.5) is 0 Å². The summed E-state index contributed by atoms with van der Waals surface area (Å²) in [5, 5.41) is 0. The fourth-order valence-electron chi connectivity index (χ4n) is 9.55. The standard InChI is InChI=1S/C30H43NO6/c1-27-14-10-22-28(2)12-7-13-29(3,31)21(28)11-15-30(22,17-27)19(25(27)32)16-37-26(33)18-8-9-20(34-4)24(36-6)23(18)35-5/h8-9,19,21-22H,7,10-17,31H2,1-6H3/t19-,21+,22+,27+,28-,29-,30-/m1/s1. The normalized spacial score (nSPS) is 40.4. The fraction of sp³-hybridized carbons (Fsp3) is 0.733. The molecule has 2 bridgehead atoms. The molecule has 7 nitrogen and oxygen atoms in total. The summed E-state index contributed by atoms with van der Waals surface area (Å²) in [5.74, 6) is 1.42. The maximum atomic E-state index is 13.9. The van der Waals surface area contributed by atoms with Crippen molar-refractivity contribution in [1.82, 2.24) is 0 Å². The maximum absolute atomic E-state index is 13.9. The van der Waals surface area contributed by atoms with Gasteiger partial charge in [0.05, 0.1) is 27.2 Å². The van der Waals surface area contributed by atoms with Gasteiger partial charge in [0, 0.05) is 11.0 Å². The van der Waals surface area contributed by atoms with Crippen molar-refractivity contribution >= 4 is 11.8 Å². The van der Waals surface area contributed by atoms with Gasteiger partial charge in [-0.25, -0.2) is 4.79 Å². The van der Waals surface area contributed by atoms with Crippen molar-refractivity contribution in [2.45, 2.75) is 77.7 Å². The number of esters is 1. The number of carbonyl (C=O) groups is 2. The van der Waals surface area contributed by atoms with Gasteiger partial charge in [0.15, 0.2) is 11.5 Å². The van der Waals surface area contributed by atoms with E-state index in [9.17, 15) is 9.59 Å². The Kier molecular flexibility index (Phi) is 6.33. The van der Waals surface area contributed by atoms with Gasteiger partial charge in [-0.3, -0.25) is 4.79 Å². The lowest BCUT2D eigenvalue weighted by Crippen LogP contribution is -2.63. The Labute approximate surface area is 220 Å². The zero-order valence-corrected chi connectivity index (χ0v) is 23.3. The van der Waals surface area contributed by atoms with E-state index in [2.05, 4.69) is 20.8 Å². The van der Waals surface area contributed by atoms with Gasteiger partial charge in [0.25, 0.3) is 0 Å². The molecule has 1 aromatic carbocycles. The summed E-state index contributed by atoms with van der Waals surface area (Å²) >= 11 is 0. The first-order valence-corrected chi connectivity index (χ1v) is 13.8. The van der Waals surface area contributed by atoms with E-state index in [0.717, 1.165) is 51.4 Å². The Bertz CT molecular complexity index is 1100. The lowest BCUT2D eigenvalue weighted by molar-refractivity contribution is -0.151. The van der Waals surface area contributed by atoms with Crippen LogP contribution in [0.15, 0.2) is 12.1 Å². The lowest BCUT2D eigenvalue weighted by Gasteiger charge is -2.64. The Hall–Kier alpha value is -2.28. The van der Waals surface area contributed by atoms with Gasteiger partial charge in [-0.15, -0.1) is 0 Å². The molecular formula is C30H43NO6. The molecule has 4 aliphatic rings. The van der Waals surface area contributed by atoms with Crippen LogP contribution in [0.2, 0.25) is 0 Å². The van der Waals surface area contributed by atoms with Crippen molar-refractivity contribution in [2.75, 3.05) is 27.9 Å². The summed E-state index contributed by atoms with van der Waals surface area (Å²) in [5.41, 5.74) is 6.63. The minimum absolute atomic E-state index is 0.0991. The number of benzene rings is 1. The van der Waals surface area contributed by atoms with Crippen LogP contribution in [-0.4, -0.2) is 45.2 Å². The molecule has 37 heavy (non-hydrogen) atoms. The highest BCUT2D eigenvalue weighted by atomic mass is 16.5. The average Bonchev–Trinajstić information content (AvgIpc) is 3.01. The smallest absolute Gasteiger partial charge is 0.342 e. The zero-order valence-electron chi connectivity index (χ0n) is 23.3. The van der Waals surface area contributed by atoms with Crippen LogP contribution < -0.4 is 19.9 Å². The SMILES string of the molecule is COc1ccc(C(=O)OC[C@@H]2C(=O)[C@@]3(C)CC[C@H]4[C@]5(C)CCC[C@@](C)(N)[C@H]5CC[C@@]24C3)c(OC)c1OC. The molecule has 0 aromatic heterocycles. The molecule has 5 rings (SSSR count). The number of methoxy groups -OCH3 is 3. The van der Waals surface area contributed by atoms with E-state index in [-0.39, 0.29) is 51.4 Å². The molecule has 0 aliphatic heterocycles. The third-order valence-electron chi connectivity index (χ3n) is 11.0. The summed E-state index contributed by atoms with van der Waals surface area (Å²) in [6, 6.07) is 3.28. The van der Waals surface area contributed by atoms with Crippen molar-refractivity contribution in [3.8, 4) is 17.2 Å². The van der Waals surface area contributed by atoms with Crippen LogP contribution in [-0.2, 0) is 9.53 Å². The van der Waals surface area contributed by atoms with Crippen molar-refractivity contribution in [3.05, 3.63) is 17.7 Å². The Morgan fingerprint density at radius 3 is 2.32 bits per heavy atom. The van der Waals surface area contributed by atoms with Crippen LogP contribution in [0.3, 0.4) is 0 Å². The molecule has 0 heterocycles. The number of ketones is 1. The molecule has 4 aliphatic carbocycles. The van der Waals surface area contributed by atoms with Gasteiger partial charge in [-0.1, -0.05) is 20.3 Å². The van der Waals surface area contributed by atoms with E-state index in [1.54, 1.807) is 12.1 Å². The fourth-order valence-corrected chi connectivity index (χ4v) is 9.55. The second-order valence-corrected chi connectivity index (χ2v) is 12.9. The van der Waals surface area contributed by atoms with E-state index in [0.29, 0.717) is 23.3 Å². The predicted octanol–water partition coefficient (Wildman–Crippen LogP) is 5.18. The first kappa shape index (κ1) is 26.3. The summed E-state index contributed by atoms with van der Waals surface area (Å²) in [7, 11) is 4.52. The molecule has 0 saturated heterocycles. The van der Waals surface area contributed by atoms with Crippen molar-refractivity contribution in [1.29, 1.82) is 0 Å². The van der Waals surface area contributed by atoms with Crippen molar-refractivity contribution < 1.29 is 28.5 Å². The minimum atomic E-state index is -0.516. The van der Waals surface area contributed by atoms with Gasteiger partial charge >= 0.3 is 5.97 Å². The van der Waals surface area contributed by atoms with Gasteiger partial charge < -0.3 is 24.7 Å². The topological polar surface area (TPSA) is 97.1 Å². The van der Waals surface area contributed by atoms with E-state index in [1.165, 1.54) is 21.3 Å². The molecule has 4 saturated carbocycles. The van der Waals surface area contributed by atoms with Crippen LogP contribution in [0.5, 0.6) is 17.2 Å². The summed E-state index contributed by atoms with van der Waals surface area (Å²) in [6.45, 7) is 6.91. The van der Waals surface area contributed by atoms with Gasteiger partial charge in [0.2, 0.25) is 5.75 Å². The second kappa shape index (κ2) is 8.89.